The van der Waals surface area contributed by atoms with Gasteiger partial charge in [-0.15, -0.1) is 0 Å². The first-order valence-corrected chi connectivity index (χ1v) is 7.77. The van der Waals surface area contributed by atoms with Crippen molar-refractivity contribution in [2.75, 3.05) is 32.7 Å². The van der Waals surface area contributed by atoms with Gasteiger partial charge in [-0.2, -0.15) is 5.10 Å². The molecule has 3 N–H and O–H groups in total. The number of carboxylic acid groups (broad SMARTS) is 1. The van der Waals surface area contributed by atoms with Crippen LogP contribution < -0.4 is 5.73 Å². The topological polar surface area (TPSA) is 118 Å². The van der Waals surface area contributed by atoms with Crippen LogP contribution in [-0.2, 0) is 29.1 Å². The number of nitrogens with two attached hydrogens (primary N) is 1. The van der Waals surface area contributed by atoms with Crippen molar-refractivity contribution in [1.82, 2.24) is 24.6 Å². The molecule has 0 unspecified atom stereocenters. The molecular weight excluding hydrogens is 300 g/mol. The largest absolute Gasteiger partial charge is 0.483 e. The number of aryl methyl sites for hydroxylation is 1. The molecule has 0 aliphatic carbocycles. The first kappa shape index (κ1) is 19.0. The van der Waals surface area contributed by atoms with Crippen molar-refractivity contribution in [1.29, 1.82) is 0 Å². The Bertz CT molecular complexity index is 497. The summed E-state index contributed by atoms with van der Waals surface area (Å²) in [7, 11) is 0. The third kappa shape index (κ3) is 6.33. The molecule has 0 saturated carbocycles. The molecule has 1 saturated heterocycles. The molecule has 9 heteroatoms. The molecule has 1 aliphatic rings. The normalized spacial score (nSPS) is 15.7. The van der Waals surface area contributed by atoms with Crippen molar-refractivity contribution >= 4 is 12.4 Å². The molecule has 0 aromatic carbocycles. The second-order valence-electron chi connectivity index (χ2n) is 5.22. The highest BCUT2D eigenvalue weighted by atomic mass is 16.3. The minimum absolute atomic E-state index is 0.115. The fraction of sp³-hybridized carbons (Fsp3) is 0.714. The highest BCUT2D eigenvalue weighted by Crippen LogP contribution is 2.08. The Morgan fingerprint density at radius 2 is 1.78 bits per heavy atom. The number of nitrogens with zero attached hydrogens (tertiary/aromatic N) is 5. The van der Waals surface area contributed by atoms with E-state index in [9.17, 15) is 4.79 Å². The number of primary amides is 1. The van der Waals surface area contributed by atoms with E-state index in [1.165, 1.54) is 0 Å². The summed E-state index contributed by atoms with van der Waals surface area (Å²) in [4.78, 5) is 28.6. The van der Waals surface area contributed by atoms with Crippen LogP contribution in [0.5, 0.6) is 0 Å². The van der Waals surface area contributed by atoms with Crippen LogP contribution in [-0.4, -0.2) is 74.8 Å². The zero-order valence-electron chi connectivity index (χ0n) is 13.8. The van der Waals surface area contributed by atoms with E-state index in [1.54, 1.807) is 0 Å². The molecule has 1 aromatic heterocycles. The van der Waals surface area contributed by atoms with Gasteiger partial charge in [-0.25, -0.2) is 9.67 Å². The van der Waals surface area contributed by atoms with Crippen LogP contribution in [0.25, 0.3) is 0 Å². The van der Waals surface area contributed by atoms with E-state index in [1.807, 2.05) is 11.6 Å². The summed E-state index contributed by atoms with van der Waals surface area (Å²) in [6.07, 6.45) is 0.115. The highest BCUT2D eigenvalue weighted by molar-refractivity contribution is 5.75. The molecule has 0 bridgehead atoms. The van der Waals surface area contributed by atoms with Crippen molar-refractivity contribution in [2.24, 2.45) is 5.73 Å². The van der Waals surface area contributed by atoms with Gasteiger partial charge in [-0.3, -0.25) is 14.5 Å². The van der Waals surface area contributed by atoms with Gasteiger partial charge in [0.05, 0.1) is 13.0 Å². The molecular formula is C14H26N6O3. The molecule has 130 valence electrons. The first-order chi connectivity index (χ1) is 11.0. The van der Waals surface area contributed by atoms with Gasteiger partial charge in [-0.05, 0) is 13.5 Å². The lowest BCUT2D eigenvalue weighted by Crippen LogP contribution is -2.45. The van der Waals surface area contributed by atoms with Crippen LogP contribution in [0.3, 0.4) is 0 Å². The highest BCUT2D eigenvalue weighted by Gasteiger charge is 2.18. The maximum absolute atomic E-state index is 11.0. The lowest BCUT2D eigenvalue weighted by molar-refractivity contribution is -0.123. The average Bonchev–Trinajstić information content (AvgIpc) is 2.89. The SMILES string of the molecule is CCN1CCN(Cc2nc(CC(N)=O)nn2CC)CC1.O=CO. The van der Waals surface area contributed by atoms with Crippen molar-refractivity contribution in [3.63, 3.8) is 0 Å². The molecule has 1 fully saturated rings. The second-order valence-corrected chi connectivity index (χ2v) is 5.22. The van der Waals surface area contributed by atoms with Crippen molar-refractivity contribution in [3.8, 4) is 0 Å². The summed E-state index contributed by atoms with van der Waals surface area (Å²) >= 11 is 0. The third-order valence-corrected chi connectivity index (χ3v) is 3.70. The second kappa shape index (κ2) is 9.90. The Labute approximate surface area is 136 Å². The van der Waals surface area contributed by atoms with E-state index in [4.69, 9.17) is 15.6 Å². The zero-order chi connectivity index (χ0) is 17.2. The Morgan fingerprint density at radius 1 is 1.22 bits per heavy atom. The van der Waals surface area contributed by atoms with Crippen LogP contribution in [0.15, 0.2) is 0 Å². The summed E-state index contributed by atoms with van der Waals surface area (Å²) < 4.78 is 1.87. The van der Waals surface area contributed by atoms with Crippen LogP contribution >= 0.6 is 0 Å². The van der Waals surface area contributed by atoms with Gasteiger partial charge in [0.25, 0.3) is 6.47 Å². The van der Waals surface area contributed by atoms with Gasteiger partial charge < -0.3 is 15.7 Å². The van der Waals surface area contributed by atoms with Gasteiger partial charge >= 0.3 is 0 Å². The minimum Gasteiger partial charge on any atom is -0.483 e. The predicted molar refractivity (Wildman–Crippen MR) is 84.7 cm³/mol. The number of likely N-dealkylation sites (N-methyl/N-ethyl adjacent to an activating group) is 1. The Balaban J connectivity index is 0.000000816. The molecule has 2 heterocycles. The molecule has 9 nitrogen and oxygen atoms in total. The lowest BCUT2D eigenvalue weighted by Gasteiger charge is -2.33. The average molecular weight is 326 g/mol. The zero-order valence-corrected chi connectivity index (χ0v) is 13.8. The fourth-order valence-electron chi connectivity index (χ4n) is 2.49. The van der Waals surface area contributed by atoms with E-state index in [0.717, 1.165) is 51.6 Å². The van der Waals surface area contributed by atoms with E-state index in [-0.39, 0.29) is 18.8 Å². The lowest BCUT2D eigenvalue weighted by atomic mass is 10.3. The molecule has 1 amide bonds. The Hall–Kier alpha value is -2.00. The van der Waals surface area contributed by atoms with Crippen LogP contribution in [0.2, 0.25) is 0 Å². The molecule has 0 spiro atoms. The van der Waals surface area contributed by atoms with Crippen molar-refractivity contribution in [3.05, 3.63) is 11.6 Å². The van der Waals surface area contributed by atoms with Crippen LogP contribution in [0, 0.1) is 0 Å². The van der Waals surface area contributed by atoms with Gasteiger partial charge in [0.15, 0.2) is 5.82 Å². The number of piperazine rings is 1. The number of amides is 1. The monoisotopic (exact) mass is 326 g/mol. The summed E-state index contributed by atoms with van der Waals surface area (Å²) in [5, 5.41) is 11.2. The van der Waals surface area contributed by atoms with Crippen molar-refractivity contribution < 1.29 is 14.7 Å². The van der Waals surface area contributed by atoms with Crippen molar-refractivity contribution in [2.45, 2.75) is 33.4 Å². The molecule has 1 aromatic rings. The van der Waals surface area contributed by atoms with E-state index >= 15 is 0 Å². The number of hydrogen-bond donors (Lipinski definition) is 2. The predicted octanol–water partition coefficient (Wildman–Crippen LogP) is -0.836. The standard InChI is InChI=1S/C13H24N6O.CH2O2/c1-3-17-5-7-18(8-6-17)10-13-15-12(9-11(14)20)16-19(13)4-2;2-1-3/h3-10H2,1-2H3,(H2,14,20);1H,(H,2,3). The molecule has 23 heavy (non-hydrogen) atoms. The van der Waals surface area contributed by atoms with E-state index in [0.29, 0.717) is 5.82 Å². The minimum atomic E-state index is -0.388. The Kier molecular flexibility index (Phi) is 8.20. The number of aromatic nitrogens is 3. The number of rotatable bonds is 6. The first-order valence-electron chi connectivity index (χ1n) is 7.77. The quantitative estimate of drug-likeness (QED) is 0.655. The van der Waals surface area contributed by atoms with Gasteiger partial charge in [-0.1, -0.05) is 6.92 Å². The van der Waals surface area contributed by atoms with E-state index in [2.05, 4.69) is 26.8 Å². The molecule has 1 aliphatic heterocycles. The molecule has 0 atom stereocenters. The van der Waals surface area contributed by atoms with Gasteiger partial charge in [0.2, 0.25) is 5.91 Å². The third-order valence-electron chi connectivity index (χ3n) is 3.70. The summed E-state index contributed by atoms with van der Waals surface area (Å²) in [5.41, 5.74) is 5.20. The summed E-state index contributed by atoms with van der Waals surface area (Å²) in [5.74, 6) is 1.07. The Morgan fingerprint density at radius 3 is 2.26 bits per heavy atom. The maximum Gasteiger partial charge on any atom is 0.290 e. The summed E-state index contributed by atoms with van der Waals surface area (Å²) in [6.45, 7) is 10.9. The number of carbonyl (C=O) groups excluding carboxylic acids is 1. The molecule has 0 radical (unpaired) electrons. The van der Waals surface area contributed by atoms with Crippen LogP contribution in [0.1, 0.15) is 25.5 Å². The fourth-order valence-corrected chi connectivity index (χ4v) is 2.49. The number of carbonyl (C=O) groups is 2. The molecule has 2 rings (SSSR count). The number of hydrogen-bond acceptors (Lipinski definition) is 6. The van der Waals surface area contributed by atoms with Gasteiger partial charge in [0, 0.05) is 32.7 Å². The van der Waals surface area contributed by atoms with E-state index < -0.39 is 0 Å². The van der Waals surface area contributed by atoms with Crippen LogP contribution in [0.4, 0.5) is 0 Å². The summed E-state index contributed by atoms with van der Waals surface area (Å²) in [6, 6.07) is 0. The maximum atomic E-state index is 11.0. The van der Waals surface area contributed by atoms with Gasteiger partial charge in [0.1, 0.15) is 5.82 Å². The smallest absolute Gasteiger partial charge is 0.290 e.